The van der Waals surface area contributed by atoms with Gasteiger partial charge in [-0.2, -0.15) is 0 Å². The topological polar surface area (TPSA) is 12.0 Å². The van der Waals surface area contributed by atoms with E-state index in [0.717, 1.165) is 16.5 Å². The predicted molar refractivity (Wildman–Crippen MR) is 90.1 cm³/mol. The van der Waals surface area contributed by atoms with Crippen molar-refractivity contribution in [2.45, 2.75) is 31.7 Å². The lowest BCUT2D eigenvalue weighted by Crippen LogP contribution is -2.44. The fraction of sp³-hybridized carbons (Fsp3) is 0.333. The molecule has 1 unspecified atom stereocenters. The molecule has 0 heterocycles. The van der Waals surface area contributed by atoms with Crippen molar-refractivity contribution in [2.24, 2.45) is 0 Å². The third-order valence-corrected chi connectivity index (χ3v) is 4.94. The van der Waals surface area contributed by atoms with Crippen molar-refractivity contribution < 1.29 is 4.39 Å². The Balaban J connectivity index is 2.29. The van der Waals surface area contributed by atoms with E-state index in [4.69, 9.17) is 0 Å². The molecular formula is C18H21BrFN. The minimum absolute atomic E-state index is 0.0538. The van der Waals surface area contributed by atoms with Crippen molar-refractivity contribution in [2.75, 3.05) is 7.05 Å². The van der Waals surface area contributed by atoms with Gasteiger partial charge in [0.15, 0.2) is 0 Å². The van der Waals surface area contributed by atoms with E-state index >= 15 is 0 Å². The van der Waals surface area contributed by atoms with Gasteiger partial charge < -0.3 is 5.32 Å². The zero-order valence-corrected chi connectivity index (χ0v) is 14.2. The van der Waals surface area contributed by atoms with Gasteiger partial charge in [0.2, 0.25) is 0 Å². The van der Waals surface area contributed by atoms with Crippen molar-refractivity contribution in [3.8, 4) is 0 Å². The van der Waals surface area contributed by atoms with Crippen LogP contribution in [0.4, 0.5) is 4.39 Å². The summed E-state index contributed by atoms with van der Waals surface area (Å²) in [7, 11) is 1.96. The summed E-state index contributed by atoms with van der Waals surface area (Å²) < 4.78 is 14.4. The molecular weight excluding hydrogens is 329 g/mol. The molecule has 0 bridgehead atoms. The average Bonchev–Trinajstić information content (AvgIpc) is 2.48. The summed E-state index contributed by atoms with van der Waals surface area (Å²) in [6.45, 7) is 4.44. The first-order valence-corrected chi connectivity index (χ1v) is 7.91. The molecule has 0 saturated carbocycles. The summed E-state index contributed by atoms with van der Waals surface area (Å²) in [5.74, 6) is -0.194. The van der Waals surface area contributed by atoms with E-state index in [1.807, 2.05) is 13.1 Å². The monoisotopic (exact) mass is 349 g/mol. The highest BCUT2D eigenvalue weighted by Crippen LogP contribution is 2.30. The lowest BCUT2D eigenvalue weighted by atomic mass is 9.75. The molecule has 21 heavy (non-hydrogen) atoms. The smallest absolute Gasteiger partial charge is 0.123 e. The zero-order valence-electron chi connectivity index (χ0n) is 12.7. The molecule has 0 aromatic heterocycles. The van der Waals surface area contributed by atoms with Crippen LogP contribution in [0.5, 0.6) is 0 Å². The summed E-state index contributed by atoms with van der Waals surface area (Å²) in [5, 5.41) is 3.39. The fourth-order valence-corrected chi connectivity index (χ4v) is 3.12. The second kappa shape index (κ2) is 6.71. The van der Waals surface area contributed by atoms with Crippen molar-refractivity contribution in [3.05, 3.63) is 69.9 Å². The Morgan fingerprint density at radius 3 is 2.43 bits per heavy atom. The maximum absolute atomic E-state index is 13.5. The molecule has 2 aromatic carbocycles. The van der Waals surface area contributed by atoms with Crippen LogP contribution in [0, 0.1) is 5.82 Å². The van der Waals surface area contributed by atoms with Gasteiger partial charge in [-0.25, -0.2) is 4.39 Å². The first-order valence-electron chi connectivity index (χ1n) is 7.12. The molecule has 0 radical (unpaired) electrons. The SMILES string of the molecule is CNC(Cc1cc(F)ccc1Br)C(C)(C)c1ccccc1. The lowest BCUT2D eigenvalue weighted by molar-refractivity contribution is 0.356. The minimum atomic E-state index is -0.194. The Hall–Kier alpha value is -1.19. The van der Waals surface area contributed by atoms with Crippen LogP contribution < -0.4 is 5.32 Å². The Labute approximate surface area is 134 Å². The Kier molecular flexibility index (Phi) is 5.17. The van der Waals surface area contributed by atoms with Gasteiger partial charge in [-0.1, -0.05) is 60.1 Å². The highest BCUT2D eigenvalue weighted by molar-refractivity contribution is 9.10. The number of hydrogen-bond donors (Lipinski definition) is 1. The Morgan fingerprint density at radius 1 is 1.14 bits per heavy atom. The number of benzene rings is 2. The second-order valence-electron chi connectivity index (χ2n) is 5.87. The quantitative estimate of drug-likeness (QED) is 0.825. The third-order valence-electron chi connectivity index (χ3n) is 4.17. The number of halogens is 2. The molecule has 0 aliphatic carbocycles. The maximum atomic E-state index is 13.5. The normalized spacial score (nSPS) is 13.2. The molecule has 2 aromatic rings. The average molecular weight is 350 g/mol. The molecule has 112 valence electrons. The van der Waals surface area contributed by atoms with E-state index in [0.29, 0.717) is 0 Å². The van der Waals surface area contributed by atoms with Crippen LogP contribution >= 0.6 is 15.9 Å². The van der Waals surface area contributed by atoms with Gasteiger partial charge in [-0.15, -0.1) is 0 Å². The Morgan fingerprint density at radius 2 is 1.81 bits per heavy atom. The molecule has 2 rings (SSSR count). The highest BCUT2D eigenvalue weighted by atomic mass is 79.9. The molecule has 0 fully saturated rings. The number of nitrogens with one attached hydrogen (secondary N) is 1. The van der Waals surface area contributed by atoms with Gasteiger partial charge >= 0.3 is 0 Å². The molecule has 0 amide bonds. The zero-order chi connectivity index (χ0) is 15.5. The molecule has 0 saturated heterocycles. The van der Waals surface area contributed by atoms with E-state index < -0.39 is 0 Å². The maximum Gasteiger partial charge on any atom is 0.123 e. The summed E-state index contributed by atoms with van der Waals surface area (Å²) in [5.41, 5.74) is 2.21. The van der Waals surface area contributed by atoms with Gasteiger partial charge in [0.1, 0.15) is 5.82 Å². The molecule has 0 spiro atoms. The third kappa shape index (κ3) is 3.72. The van der Waals surface area contributed by atoms with Crippen LogP contribution in [-0.2, 0) is 11.8 Å². The molecule has 1 atom stereocenters. The van der Waals surface area contributed by atoms with E-state index in [9.17, 15) is 4.39 Å². The summed E-state index contributed by atoms with van der Waals surface area (Å²) in [6.07, 6.45) is 0.761. The highest BCUT2D eigenvalue weighted by Gasteiger charge is 2.30. The summed E-state index contributed by atoms with van der Waals surface area (Å²) in [4.78, 5) is 0. The predicted octanol–water partition coefficient (Wildman–Crippen LogP) is 4.70. The van der Waals surface area contributed by atoms with Crippen LogP contribution in [0.3, 0.4) is 0 Å². The van der Waals surface area contributed by atoms with E-state index in [-0.39, 0.29) is 17.3 Å². The summed E-state index contributed by atoms with van der Waals surface area (Å²) >= 11 is 3.52. The lowest BCUT2D eigenvalue weighted by Gasteiger charge is -2.35. The van der Waals surface area contributed by atoms with Gasteiger partial charge in [-0.05, 0) is 42.8 Å². The van der Waals surface area contributed by atoms with Crippen LogP contribution in [-0.4, -0.2) is 13.1 Å². The van der Waals surface area contributed by atoms with Gasteiger partial charge in [0.05, 0.1) is 0 Å². The van der Waals surface area contributed by atoms with E-state index in [2.05, 4.69) is 59.4 Å². The van der Waals surface area contributed by atoms with Crippen molar-refractivity contribution in [1.29, 1.82) is 0 Å². The Bertz CT molecular complexity index is 595. The number of likely N-dealkylation sites (N-methyl/N-ethyl adjacent to an activating group) is 1. The number of hydrogen-bond acceptors (Lipinski definition) is 1. The van der Waals surface area contributed by atoms with Crippen LogP contribution in [0.1, 0.15) is 25.0 Å². The van der Waals surface area contributed by atoms with Gasteiger partial charge in [0, 0.05) is 15.9 Å². The van der Waals surface area contributed by atoms with Crippen molar-refractivity contribution in [3.63, 3.8) is 0 Å². The minimum Gasteiger partial charge on any atom is -0.316 e. The van der Waals surface area contributed by atoms with Crippen LogP contribution in [0.25, 0.3) is 0 Å². The first-order chi connectivity index (χ1) is 9.95. The molecule has 1 N–H and O–H groups in total. The second-order valence-corrected chi connectivity index (χ2v) is 6.72. The standard InChI is InChI=1S/C18H21BrFN/c1-18(2,14-7-5-4-6-8-14)17(21-3)12-13-11-15(20)9-10-16(13)19/h4-11,17,21H,12H2,1-3H3. The van der Waals surface area contributed by atoms with Crippen LogP contribution in [0.2, 0.25) is 0 Å². The number of rotatable bonds is 5. The molecule has 3 heteroatoms. The van der Waals surface area contributed by atoms with Crippen LogP contribution in [0.15, 0.2) is 53.0 Å². The van der Waals surface area contributed by atoms with Gasteiger partial charge in [0.25, 0.3) is 0 Å². The van der Waals surface area contributed by atoms with E-state index in [1.165, 1.54) is 11.6 Å². The largest absolute Gasteiger partial charge is 0.316 e. The van der Waals surface area contributed by atoms with Crippen molar-refractivity contribution in [1.82, 2.24) is 5.32 Å². The van der Waals surface area contributed by atoms with Crippen molar-refractivity contribution >= 4 is 15.9 Å². The fourth-order valence-electron chi connectivity index (χ4n) is 2.71. The van der Waals surface area contributed by atoms with Gasteiger partial charge in [-0.3, -0.25) is 0 Å². The molecule has 0 aliphatic rings. The summed E-state index contributed by atoms with van der Waals surface area (Å²) in [6, 6.07) is 15.5. The van der Waals surface area contributed by atoms with E-state index in [1.54, 1.807) is 12.1 Å². The molecule has 0 aliphatic heterocycles. The molecule has 1 nitrogen and oxygen atoms in total. The first kappa shape index (κ1) is 16.2.